The molecule has 0 N–H and O–H groups in total. The van der Waals surface area contributed by atoms with Crippen molar-refractivity contribution in [2.24, 2.45) is 5.92 Å². The Morgan fingerprint density at radius 1 is 0.727 bits per heavy atom. The molecule has 0 aromatic heterocycles. The summed E-state index contributed by atoms with van der Waals surface area (Å²) in [5, 5.41) is 1.65. The smallest absolute Gasteiger partial charge is 0.164 e. The van der Waals surface area contributed by atoms with Crippen LogP contribution in [0, 0.1) is 5.92 Å². The van der Waals surface area contributed by atoms with E-state index in [9.17, 15) is 4.79 Å². The Bertz CT molecular complexity index is 912. The van der Waals surface area contributed by atoms with Gasteiger partial charge in [0.2, 0.25) is 0 Å². The second-order valence-electron chi connectivity index (χ2n) is 8.76. The fraction of sp³-hybridized carbons (Fsp3) is 0.345. The molecule has 0 heterocycles. The largest absolute Gasteiger partial charge is 0.294 e. The van der Waals surface area contributed by atoms with Gasteiger partial charge in [-0.1, -0.05) is 115 Å². The van der Waals surface area contributed by atoms with Gasteiger partial charge < -0.3 is 0 Å². The Hall–Kier alpha value is -2.79. The van der Waals surface area contributed by atoms with Gasteiger partial charge in [0.1, 0.15) is 0 Å². The molecule has 4 rings (SSSR count). The lowest BCUT2D eigenvalue weighted by atomic mass is 9.82. The van der Waals surface area contributed by atoms with Gasteiger partial charge in [-0.15, -0.1) is 0 Å². The van der Waals surface area contributed by atoms with Gasteiger partial charge in [0.05, 0.1) is 19.3 Å². The molecule has 0 unspecified atom stereocenters. The van der Waals surface area contributed by atoms with Crippen molar-refractivity contribution in [2.45, 2.75) is 57.8 Å². The summed E-state index contributed by atoms with van der Waals surface area (Å²) < 4.78 is 0. The van der Waals surface area contributed by atoms with Crippen molar-refractivity contribution in [1.29, 1.82) is 0 Å². The lowest BCUT2D eigenvalue weighted by Gasteiger charge is -2.36. The zero-order valence-electron chi connectivity index (χ0n) is 19.1. The molecule has 3 aromatic carbocycles. The lowest BCUT2D eigenvalue weighted by molar-refractivity contribution is -0.405. The van der Waals surface area contributed by atoms with Crippen LogP contribution < -0.4 is 0 Å². The second kappa shape index (κ2) is 12.4. The second-order valence-corrected chi connectivity index (χ2v) is 8.76. The number of carbonyl (C=O) groups excluding carboxylic acids is 1. The third kappa shape index (κ3) is 7.10. The third-order valence-electron chi connectivity index (χ3n) is 6.36. The molecule has 4 heteroatoms. The van der Waals surface area contributed by atoms with Crippen molar-refractivity contribution >= 4 is 5.78 Å². The van der Waals surface area contributed by atoms with E-state index in [2.05, 4.69) is 0 Å². The molecule has 33 heavy (non-hydrogen) atoms. The predicted molar refractivity (Wildman–Crippen MR) is 130 cm³/mol. The van der Waals surface area contributed by atoms with E-state index in [1.807, 2.05) is 91.0 Å². The Balaban J connectivity index is 1.54. The van der Waals surface area contributed by atoms with Gasteiger partial charge in [-0.2, -0.15) is 0 Å². The standard InChI is InChI=1S/C29H33NO3/c31-29(27-19-11-4-12-20-27)21-28(26-17-9-3-10-18-26)30(32-22-24-13-5-1-6-14-24)33-23-25-15-7-2-8-16-25/h1-2,4-8,11-16,19-20,26,28H,3,9-10,17-18,21-23H2/t28-/m0/s1. The molecule has 0 amide bonds. The molecular formula is C29H33NO3. The first-order valence-electron chi connectivity index (χ1n) is 12.0. The summed E-state index contributed by atoms with van der Waals surface area (Å²) >= 11 is 0. The van der Waals surface area contributed by atoms with Gasteiger partial charge in [0, 0.05) is 12.0 Å². The van der Waals surface area contributed by atoms with Crippen LogP contribution in [0.15, 0.2) is 91.0 Å². The van der Waals surface area contributed by atoms with Gasteiger partial charge in [-0.05, 0) is 29.9 Å². The molecule has 0 bridgehead atoms. The Morgan fingerprint density at radius 2 is 1.21 bits per heavy atom. The monoisotopic (exact) mass is 443 g/mol. The number of nitrogens with zero attached hydrogens (tertiary/aromatic N) is 1. The summed E-state index contributed by atoms with van der Waals surface area (Å²) in [4.78, 5) is 25.7. The lowest BCUT2D eigenvalue weighted by Crippen LogP contribution is -2.42. The Labute approximate surface area is 197 Å². The summed E-state index contributed by atoms with van der Waals surface area (Å²) in [5.41, 5.74) is 2.88. The van der Waals surface area contributed by atoms with E-state index in [1.165, 1.54) is 19.3 Å². The van der Waals surface area contributed by atoms with Crippen LogP contribution >= 0.6 is 0 Å². The van der Waals surface area contributed by atoms with Gasteiger partial charge in [-0.25, -0.2) is 0 Å². The molecule has 0 saturated heterocycles. The van der Waals surface area contributed by atoms with Crippen molar-refractivity contribution in [3.63, 3.8) is 0 Å². The first-order valence-corrected chi connectivity index (χ1v) is 12.0. The first kappa shape index (κ1) is 23.4. The number of Topliss-reactive ketones (excluding diaryl/α,β-unsaturated/α-hetero) is 1. The number of benzene rings is 3. The minimum absolute atomic E-state index is 0.128. The molecule has 1 atom stereocenters. The molecule has 1 fully saturated rings. The molecule has 172 valence electrons. The zero-order chi connectivity index (χ0) is 22.7. The first-order chi connectivity index (χ1) is 16.3. The molecule has 3 aromatic rings. The fourth-order valence-electron chi connectivity index (χ4n) is 4.52. The van der Waals surface area contributed by atoms with E-state index in [0.717, 1.165) is 29.5 Å². The maximum absolute atomic E-state index is 13.2. The van der Waals surface area contributed by atoms with Crippen LogP contribution in [0.5, 0.6) is 0 Å². The van der Waals surface area contributed by atoms with E-state index < -0.39 is 0 Å². The van der Waals surface area contributed by atoms with Crippen LogP contribution in [0.2, 0.25) is 0 Å². The van der Waals surface area contributed by atoms with Gasteiger partial charge in [-0.3, -0.25) is 14.5 Å². The molecule has 0 aliphatic heterocycles. The highest BCUT2D eigenvalue weighted by Gasteiger charge is 2.33. The minimum atomic E-state index is -0.134. The number of rotatable bonds is 11. The van der Waals surface area contributed by atoms with Crippen LogP contribution in [0.4, 0.5) is 0 Å². The van der Waals surface area contributed by atoms with Gasteiger partial charge in [0.25, 0.3) is 0 Å². The molecule has 0 radical (unpaired) electrons. The topological polar surface area (TPSA) is 38.8 Å². The number of hydroxylamine groups is 2. The van der Waals surface area contributed by atoms with Crippen LogP contribution in [-0.4, -0.2) is 17.1 Å². The quantitative estimate of drug-likeness (QED) is 0.242. The van der Waals surface area contributed by atoms with E-state index in [4.69, 9.17) is 9.68 Å². The van der Waals surface area contributed by atoms with Crippen LogP contribution in [0.1, 0.15) is 60.0 Å². The Morgan fingerprint density at radius 3 is 1.73 bits per heavy atom. The van der Waals surface area contributed by atoms with Crippen molar-refractivity contribution in [1.82, 2.24) is 5.23 Å². The Kier molecular flexibility index (Phi) is 8.82. The van der Waals surface area contributed by atoms with E-state index in [1.54, 1.807) is 5.23 Å². The minimum Gasteiger partial charge on any atom is -0.294 e. The maximum Gasteiger partial charge on any atom is 0.164 e. The van der Waals surface area contributed by atoms with E-state index in [0.29, 0.717) is 25.6 Å². The zero-order valence-corrected chi connectivity index (χ0v) is 19.1. The third-order valence-corrected chi connectivity index (χ3v) is 6.36. The summed E-state index contributed by atoms with van der Waals surface area (Å²) in [7, 11) is 0. The average Bonchev–Trinajstić information content (AvgIpc) is 2.90. The predicted octanol–water partition coefficient (Wildman–Crippen LogP) is 6.77. The summed E-state index contributed by atoms with van der Waals surface area (Å²) in [6.45, 7) is 0.802. The van der Waals surface area contributed by atoms with Crippen molar-refractivity contribution in [2.75, 3.05) is 0 Å². The molecule has 0 spiro atoms. The van der Waals surface area contributed by atoms with Crippen molar-refractivity contribution in [3.8, 4) is 0 Å². The highest BCUT2D eigenvalue weighted by molar-refractivity contribution is 5.96. The van der Waals surface area contributed by atoms with Gasteiger partial charge >= 0.3 is 0 Å². The van der Waals surface area contributed by atoms with E-state index in [-0.39, 0.29) is 11.8 Å². The molecule has 4 nitrogen and oxygen atoms in total. The van der Waals surface area contributed by atoms with Crippen LogP contribution in [-0.2, 0) is 22.9 Å². The maximum atomic E-state index is 13.2. The number of hydrogen-bond donors (Lipinski definition) is 0. The highest BCUT2D eigenvalue weighted by Crippen LogP contribution is 2.32. The SMILES string of the molecule is O=C(C[C@@H](C1CCCCC1)N(OCc1ccccc1)OCc1ccccc1)c1ccccc1. The fourth-order valence-corrected chi connectivity index (χ4v) is 4.52. The van der Waals surface area contributed by atoms with Crippen molar-refractivity contribution in [3.05, 3.63) is 108 Å². The normalized spacial score (nSPS) is 15.4. The molecule has 1 aliphatic carbocycles. The molecule has 1 saturated carbocycles. The van der Waals surface area contributed by atoms with E-state index >= 15 is 0 Å². The van der Waals surface area contributed by atoms with Crippen molar-refractivity contribution < 1.29 is 14.5 Å². The van der Waals surface area contributed by atoms with Crippen LogP contribution in [0.25, 0.3) is 0 Å². The highest BCUT2D eigenvalue weighted by atomic mass is 16.9. The average molecular weight is 444 g/mol. The number of hydrogen-bond acceptors (Lipinski definition) is 4. The van der Waals surface area contributed by atoms with Gasteiger partial charge in [0.15, 0.2) is 5.78 Å². The summed E-state index contributed by atoms with van der Waals surface area (Å²) in [5.74, 6) is 0.487. The van der Waals surface area contributed by atoms with Crippen LogP contribution in [0.3, 0.4) is 0 Å². The summed E-state index contributed by atoms with van der Waals surface area (Å²) in [6.07, 6.45) is 6.18. The number of carbonyl (C=O) groups is 1. The molecular weight excluding hydrogens is 410 g/mol. The summed E-state index contributed by atoms with van der Waals surface area (Å²) in [6, 6.07) is 29.6. The number of ketones is 1. The molecule has 1 aliphatic rings.